The van der Waals surface area contributed by atoms with Crippen molar-refractivity contribution in [2.45, 2.75) is 18.2 Å². The molecule has 2 N–H and O–H groups in total. The fourth-order valence-corrected chi connectivity index (χ4v) is 2.17. The van der Waals surface area contributed by atoms with Gasteiger partial charge in [-0.2, -0.15) is 0 Å². The molecule has 0 fully saturated rings. The molecule has 18 heavy (non-hydrogen) atoms. The first-order chi connectivity index (χ1) is 8.56. The fourth-order valence-electron chi connectivity index (χ4n) is 1.39. The van der Waals surface area contributed by atoms with Crippen LogP contribution in [0, 0.1) is 18.6 Å². The lowest BCUT2D eigenvalue weighted by molar-refractivity contribution is 0.429. The highest BCUT2D eigenvalue weighted by Crippen LogP contribution is 2.24. The maximum Gasteiger partial charge on any atom is 0.276 e. The van der Waals surface area contributed by atoms with Crippen molar-refractivity contribution in [1.82, 2.24) is 10.2 Å². The zero-order valence-corrected chi connectivity index (χ0v) is 10.4. The topological polar surface area (TPSA) is 64.9 Å². The van der Waals surface area contributed by atoms with Gasteiger partial charge in [-0.25, -0.2) is 8.78 Å². The summed E-state index contributed by atoms with van der Waals surface area (Å²) in [7, 11) is 0. The summed E-state index contributed by atoms with van der Waals surface area (Å²) in [6, 6.07) is 2.57. The van der Waals surface area contributed by atoms with Crippen molar-refractivity contribution in [3.8, 4) is 0 Å². The Kier molecular flexibility index (Phi) is 3.93. The van der Waals surface area contributed by atoms with E-state index in [0.717, 1.165) is 18.2 Å². The Labute approximate surface area is 107 Å². The highest BCUT2D eigenvalue weighted by molar-refractivity contribution is 7.99. The van der Waals surface area contributed by atoms with Crippen molar-refractivity contribution in [2.75, 3.05) is 5.75 Å². The molecule has 0 saturated carbocycles. The number of aryl methyl sites for hydroxylation is 1. The van der Waals surface area contributed by atoms with Gasteiger partial charge in [0, 0.05) is 24.3 Å². The standard InChI is InChI=1S/C11H11F2N3OS/c1-6-15-16-11(17-6)18-5-10(14)8-4-7(12)2-3-9(8)13/h2-4,10H,5,14H2,1H3. The van der Waals surface area contributed by atoms with Crippen LogP contribution < -0.4 is 5.73 Å². The molecule has 1 aromatic heterocycles. The van der Waals surface area contributed by atoms with Gasteiger partial charge in [0.1, 0.15) is 11.6 Å². The van der Waals surface area contributed by atoms with Crippen LogP contribution in [0.5, 0.6) is 0 Å². The van der Waals surface area contributed by atoms with Gasteiger partial charge in [0.15, 0.2) is 0 Å². The van der Waals surface area contributed by atoms with E-state index in [0.29, 0.717) is 16.9 Å². The molecule has 2 aromatic rings. The summed E-state index contributed by atoms with van der Waals surface area (Å²) in [4.78, 5) is 0. The molecule has 1 heterocycles. The number of aromatic nitrogens is 2. The van der Waals surface area contributed by atoms with E-state index in [1.807, 2.05) is 0 Å². The van der Waals surface area contributed by atoms with E-state index in [2.05, 4.69) is 10.2 Å². The molecule has 0 radical (unpaired) electrons. The van der Waals surface area contributed by atoms with Crippen molar-refractivity contribution in [2.24, 2.45) is 5.73 Å². The Balaban J connectivity index is 2.03. The number of thioether (sulfide) groups is 1. The zero-order chi connectivity index (χ0) is 13.1. The van der Waals surface area contributed by atoms with Crippen LogP contribution in [0.1, 0.15) is 17.5 Å². The molecule has 2 rings (SSSR count). The quantitative estimate of drug-likeness (QED) is 0.865. The van der Waals surface area contributed by atoms with Gasteiger partial charge in [0.05, 0.1) is 0 Å². The lowest BCUT2D eigenvalue weighted by Gasteiger charge is -2.11. The van der Waals surface area contributed by atoms with Gasteiger partial charge in [-0.15, -0.1) is 10.2 Å². The molecule has 7 heteroatoms. The molecule has 0 aliphatic rings. The Morgan fingerprint density at radius 2 is 2.17 bits per heavy atom. The molecule has 96 valence electrons. The normalized spacial score (nSPS) is 12.7. The van der Waals surface area contributed by atoms with E-state index in [1.54, 1.807) is 6.92 Å². The molecule has 1 unspecified atom stereocenters. The third-order valence-electron chi connectivity index (χ3n) is 2.25. The van der Waals surface area contributed by atoms with E-state index in [4.69, 9.17) is 10.2 Å². The minimum absolute atomic E-state index is 0.138. The monoisotopic (exact) mass is 271 g/mol. The summed E-state index contributed by atoms with van der Waals surface area (Å²) in [5.74, 6) is -0.267. The van der Waals surface area contributed by atoms with Crippen LogP contribution in [0.2, 0.25) is 0 Å². The highest BCUT2D eigenvalue weighted by atomic mass is 32.2. The first-order valence-corrected chi connectivity index (χ1v) is 6.18. The number of hydrogen-bond donors (Lipinski definition) is 1. The van der Waals surface area contributed by atoms with Crippen molar-refractivity contribution < 1.29 is 13.2 Å². The van der Waals surface area contributed by atoms with Gasteiger partial charge in [-0.05, 0) is 18.2 Å². The van der Waals surface area contributed by atoms with E-state index in [-0.39, 0.29) is 5.56 Å². The molecular weight excluding hydrogens is 260 g/mol. The number of nitrogens with two attached hydrogens (primary N) is 1. The first kappa shape index (κ1) is 13.0. The molecule has 0 aliphatic heterocycles. The van der Waals surface area contributed by atoms with Gasteiger partial charge < -0.3 is 10.2 Å². The molecule has 1 aromatic carbocycles. The third kappa shape index (κ3) is 3.05. The first-order valence-electron chi connectivity index (χ1n) is 5.19. The second kappa shape index (κ2) is 5.45. The SMILES string of the molecule is Cc1nnc(SCC(N)c2cc(F)ccc2F)o1. The average Bonchev–Trinajstić information content (AvgIpc) is 2.75. The lowest BCUT2D eigenvalue weighted by Crippen LogP contribution is -2.15. The smallest absolute Gasteiger partial charge is 0.276 e. The number of halogens is 2. The van der Waals surface area contributed by atoms with Crippen molar-refractivity contribution in [1.29, 1.82) is 0 Å². The van der Waals surface area contributed by atoms with Gasteiger partial charge in [0.25, 0.3) is 5.22 Å². The summed E-state index contributed by atoms with van der Waals surface area (Å²) in [5, 5.41) is 7.79. The Morgan fingerprint density at radius 3 is 2.83 bits per heavy atom. The van der Waals surface area contributed by atoms with Crippen molar-refractivity contribution in [3.63, 3.8) is 0 Å². The number of hydrogen-bond acceptors (Lipinski definition) is 5. The maximum atomic E-state index is 13.4. The van der Waals surface area contributed by atoms with Crippen LogP contribution in [-0.2, 0) is 0 Å². The number of rotatable bonds is 4. The van der Waals surface area contributed by atoms with Crippen LogP contribution in [0.3, 0.4) is 0 Å². The van der Waals surface area contributed by atoms with Crippen molar-refractivity contribution >= 4 is 11.8 Å². The summed E-state index contributed by atoms with van der Waals surface area (Å²) in [6.45, 7) is 1.67. The summed E-state index contributed by atoms with van der Waals surface area (Å²) >= 11 is 1.20. The largest absolute Gasteiger partial charge is 0.416 e. The lowest BCUT2D eigenvalue weighted by atomic mass is 10.1. The maximum absolute atomic E-state index is 13.4. The average molecular weight is 271 g/mol. The highest BCUT2D eigenvalue weighted by Gasteiger charge is 2.14. The van der Waals surface area contributed by atoms with Gasteiger partial charge in [0.2, 0.25) is 5.89 Å². The van der Waals surface area contributed by atoms with Gasteiger partial charge >= 0.3 is 0 Å². The van der Waals surface area contributed by atoms with Crippen LogP contribution in [0.25, 0.3) is 0 Å². The minimum atomic E-state index is -0.641. The van der Waals surface area contributed by atoms with E-state index >= 15 is 0 Å². The summed E-state index contributed by atoms with van der Waals surface area (Å²) in [5.41, 5.74) is 5.94. The summed E-state index contributed by atoms with van der Waals surface area (Å²) < 4.78 is 31.6. The number of benzene rings is 1. The Bertz CT molecular complexity index is 547. The molecule has 1 atom stereocenters. The molecular formula is C11H11F2N3OS. The predicted molar refractivity (Wildman–Crippen MR) is 63.0 cm³/mol. The Hall–Kier alpha value is -1.47. The predicted octanol–water partition coefficient (Wildman–Crippen LogP) is 2.45. The Morgan fingerprint density at radius 1 is 1.39 bits per heavy atom. The van der Waals surface area contributed by atoms with Crippen LogP contribution in [0.4, 0.5) is 8.78 Å². The van der Waals surface area contributed by atoms with Crippen LogP contribution >= 0.6 is 11.8 Å². The molecule has 0 saturated heterocycles. The van der Waals surface area contributed by atoms with E-state index in [9.17, 15) is 8.78 Å². The molecule has 4 nitrogen and oxygen atoms in total. The molecule has 0 bridgehead atoms. The molecule has 0 aliphatic carbocycles. The number of nitrogens with zero attached hydrogens (tertiary/aromatic N) is 2. The van der Waals surface area contributed by atoms with Crippen LogP contribution in [0.15, 0.2) is 27.8 Å². The minimum Gasteiger partial charge on any atom is -0.416 e. The molecule has 0 amide bonds. The van der Waals surface area contributed by atoms with Gasteiger partial charge in [-0.3, -0.25) is 0 Å². The summed E-state index contributed by atoms with van der Waals surface area (Å²) in [6.07, 6.45) is 0. The van der Waals surface area contributed by atoms with Gasteiger partial charge in [-0.1, -0.05) is 11.8 Å². The second-order valence-corrected chi connectivity index (χ2v) is 4.64. The molecule has 0 spiro atoms. The van der Waals surface area contributed by atoms with Crippen molar-refractivity contribution in [3.05, 3.63) is 41.3 Å². The van der Waals surface area contributed by atoms with E-state index in [1.165, 1.54) is 11.8 Å². The van der Waals surface area contributed by atoms with E-state index < -0.39 is 17.7 Å². The second-order valence-electron chi connectivity index (χ2n) is 3.67. The van der Waals surface area contributed by atoms with Crippen LogP contribution in [-0.4, -0.2) is 16.0 Å². The zero-order valence-electron chi connectivity index (χ0n) is 9.56. The third-order valence-corrected chi connectivity index (χ3v) is 3.19. The fraction of sp³-hybridized carbons (Fsp3) is 0.273.